The van der Waals surface area contributed by atoms with E-state index in [1.807, 2.05) is 19.6 Å². The zero-order valence-corrected chi connectivity index (χ0v) is 30.0. The zero-order chi connectivity index (χ0) is 34.2. The van der Waals surface area contributed by atoms with E-state index in [4.69, 9.17) is 0 Å². The summed E-state index contributed by atoms with van der Waals surface area (Å²) in [6.45, 7) is 2.03. The van der Waals surface area contributed by atoms with Crippen molar-refractivity contribution in [2.45, 2.75) is 18.0 Å². The van der Waals surface area contributed by atoms with Gasteiger partial charge in [-0.25, -0.2) is 9.97 Å². The molecule has 0 aliphatic carbocycles. The molecule has 0 radical (unpaired) electrons. The summed E-state index contributed by atoms with van der Waals surface area (Å²) >= 11 is 2.27. The Balaban J connectivity index is 0.000000157. The number of nitrogens with zero attached hydrogens (tertiary/aromatic N) is 4. The molecule has 0 aliphatic heterocycles. The molecule has 0 bridgehead atoms. The van der Waals surface area contributed by atoms with Crippen molar-refractivity contribution in [3.63, 3.8) is 0 Å². The average Bonchev–Trinajstić information content (AvgIpc) is 3.83. The molecular weight excluding hydrogens is 723 g/mol. The van der Waals surface area contributed by atoms with Crippen LogP contribution in [0.1, 0.15) is 39.1 Å². The summed E-state index contributed by atoms with van der Waals surface area (Å²) in [5.74, 6) is 0. The van der Waals surface area contributed by atoms with Crippen LogP contribution in [0.15, 0.2) is 207 Å². The highest BCUT2D eigenvalue weighted by atomic mass is 127. The first-order chi connectivity index (χ1) is 24.6. The van der Waals surface area contributed by atoms with Crippen LogP contribution in [-0.2, 0) is 11.1 Å². The van der Waals surface area contributed by atoms with Gasteiger partial charge in [0.25, 0.3) is 0 Å². The molecular formula is C45H37IN4. The molecule has 8 aromatic rings. The summed E-state index contributed by atoms with van der Waals surface area (Å²) in [5, 5.41) is 0. The zero-order valence-electron chi connectivity index (χ0n) is 27.8. The first kappa shape index (κ1) is 33.0. The lowest BCUT2D eigenvalue weighted by atomic mass is 9.77. The number of imidazole rings is 2. The van der Waals surface area contributed by atoms with E-state index in [1.165, 1.54) is 33.4 Å². The van der Waals surface area contributed by atoms with Gasteiger partial charge in [-0.2, -0.15) is 0 Å². The van der Waals surface area contributed by atoms with Crippen molar-refractivity contribution in [3.05, 3.63) is 250 Å². The van der Waals surface area contributed by atoms with Crippen molar-refractivity contribution < 1.29 is 0 Å². The average molecular weight is 761 g/mol. The van der Waals surface area contributed by atoms with Crippen LogP contribution in [0.3, 0.4) is 0 Å². The lowest BCUT2D eigenvalue weighted by Crippen LogP contribution is -2.36. The Hall–Kier alpha value is -5.53. The fraction of sp³-hybridized carbons (Fsp3) is 0.0667. The van der Waals surface area contributed by atoms with Crippen LogP contribution in [0, 0.1) is 10.6 Å². The predicted octanol–water partition coefficient (Wildman–Crippen LogP) is 10.4. The standard InChI is InChI=1S/C23H20N2.C22H17IN2/c1-19-17-25(18-24-19)23(20-11-5-2-6-12-20,21-13-7-3-8-14-21)22-15-9-4-10-16-22;23-21-16-25(17-24-21)22(18-10-4-1-5-11-18,19-12-6-2-7-13-19)20-14-8-3-9-15-20/h2-18H,1H3;1-17H. The van der Waals surface area contributed by atoms with Crippen LogP contribution < -0.4 is 0 Å². The van der Waals surface area contributed by atoms with Crippen LogP contribution in [0.25, 0.3) is 0 Å². The van der Waals surface area contributed by atoms with E-state index >= 15 is 0 Å². The Labute approximate surface area is 307 Å². The molecule has 0 saturated heterocycles. The van der Waals surface area contributed by atoms with Gasteiger partial charge in [-0.1, -0.05) is 182 Å². The molecule has 4 nitrogen and oxygen atoms in total. The van der Waals surface area contributed by atoms with Gasteiger partial charge in [0.2, 0.25) is 0 Å². The van der Waals surface area contributed by atoms with Crippen LogP contribution in [0.5, 0.6) is 0 Å². The van der Waals surface area contributed by atoms with Crippen molar-refractivity contribution >= 4 is 22.6 Å². The third-order valence-corrected chi connectivity index (χ3v) is 9.74. The summed E-state index contributed by atoms with van der Waals surface area (Å²) in [7, 11) is 0. The Bertz CT molecular complexity index is 1860. The monoisotopic (exact) mass is 760 g/mol. The molecule has 8 rings (SSSR count). The molecule has 0 N–H and O–H groups in total. The van der Waals surface area contributed by atoms with Crippen LogP contribution >= 0.6 is 22.6 Å². The van der Waals surface area contributed by atoms with Gasteiger partial charge >= 0.3 is 0 Å². The highest BCUT2D eigenvalue weighted by molar-refractivity contribution is 14.1. The van der Waals surface area contributed by atoms with Gasteiger partial charge in [-0.15, -0.1) is 0 Å². The Morgan fingerprint density at radius 1 is 0.380 bits per heavy atom. The third-order valence-electron chi connectivity index (χ3n) is 9.19. The molecule has 0 aliphatic rings. The second-order valence-electron chi connectivity index (χ2n) is 12.1. The maximum Gasteiger partial charge on any atom is 0.121 e. The largest absolute Gasteiger partial charge is 0.319 e. The fourth-order valence-electron chi connectivity index (χ4n) is 7.06. The van der Waals surface area contributed by atoms with Gasteiger partial charge in [-0.3, -0.25) is 0 Å². The minimum absolute atomic E-state index is 0.453. The second-order valence-corrected chi connectivity index (χ2v) is 13.2. The van der Waals surface area contributed by atoms with Crippen LogP contribution in [0.2, 0.25) is 0 Å². The van der Waals surface area contributed by atoms with E-state index in [1.54, 1.807) is 0 Å². The predicted molar refractivity (Wildman–Crippen MR) is 211 cm³/mol. The molecule has 6 aromatic carbocycles. The maximum absolute atomic E-state index is 4.52. The van der Waals surface area contributed by atoms with Crippen LogP contribution in [-0.4, -0.2) is 19.1 Å². The topological polar surface area (TPSA) is 35.6 Å². The molecule has 244 valence electrons. The van der Waals surface area contributed by atoms with Gasteiger partial charge in [0.15, 0.2) is 0 Å². The third kappa shape index (κ3) is 6.21. The Morgan fingerprint density at radius 3 is 0.860 bits per heavy atom. The number of rotatable bonds is 8. The molecule has 2 heterocycles. The summed E-state index contributed by atoms with van der Waals surface area (Å²) in [6.07, 6.45) is 8.08. The molecule has 0 amide bonds. The number of aryl methyl sites for hydroxylation is 1. The fourth-order valence-corrected chi connectivity index (χ4v) is 7.48. The van der Waals surface area contributed by atoms with Gasteiger partial charge in [0.1, 0.15) is 14.8 Å². The van der Waals surface area contributed by atoms with Crippen molar-refractivity contribution in [1.29, 1.82) is 0 Å². The number of halogens is 1. The second kappa shape index (κ2) is 14.9. The summed E-state index contributed by atoms with van der Waals surface area (Å²) < 4.78 is 5.42. The van der Waals surface area contributed by atoms with Gasteiger partial charge in [-0.05, 0) is 62.9 Å². The number of hydrogen-bond acceptors (Lipinski definition) is 2. The smallest absolute Gasteiger partial charge is 0.121 e. The number of hydrogen-bond donors (Lipinski definition) is 0. The first-order valence-electron chi connectivity index (χ1n) is 16.7. The molecule has 50 heavy (non-hydrogen) atoms. The maximum atomic E-state index is 4.52. The molecule has 0 atom stereocenters. The van der Waals surface area contributed by atoms with E-state index in [-0.39, 0.29) is 0 Å². The molecule has 0 fully saturated rings. The number of aromatic nitrogens is 4. The van der Waals surface area contributed by atoms with Crippen molar-refractivity contribution in [1.82, 2.24) is 19.1 Å². The first-order valence-corrected chi connectivity index (χ1v) is 17.8. The van der Waals surface area contributed by atoms with Crippen molar-refractivity contribution in [3.8, 4) is 0 Å². The number of benzene rings is 6. The van der Waals surface area contributed by atoms with E-state index in [0.29, 0.717) is 0 Å². The van der Waals surface area contributed by atoms with Gasteiger partial charge in [0.05, 0.1) is 18.3 Å². The molecule has 0 spiro atoms. The minimum atomic E-state index is -0.458. The minimum Gasteiger partial charge on any atom is -0.319 e. The van der Waals surface area contributed by atoms with Crippen molar-refractivity contribution in [2.24, 2.45) is 0 Å². The Kier molecular flexibility index (Phi) is 9.85. The summed E-state index contributed by atoms with van der Waals surface area (Å²) in [6, 6.07) is 63.8. The van der Waals surface area contributed by atoms with E-state index in [2.05, 4.69) is 236 Å². The van der Waals surface area contributed by atoms with Crippen molar-refractivity contribution in [2.75, 3.05) is 0 Å². The molecule has 0 saturated carbocycles. The van der Waals surface area contributed by atoms with E-state index in [9.17, 15) is 0 Å². The SMILES string of the molecule is Cc1cn(C(c2ccccc2)(c2ccccc2)c2ccccc2)cn1.Ic1cn(C(c2ccccc2)(c2ccccc2)c2ccccc2)cn1. The van der Waals surface area contributed by atoms with E-state index < -0.39 is 11.1 Å². The quantitative estimate of drug-likeness (QED) is 0.114. The molecule has 0 unspecified atom stereocenters. The highest BCUT2D eigenvalue weighted by Crippen LogP contribution is 2.42. The lowest BCUT2D eigenvalue weighted by Gasteiger charge is -2.37. The van der Waals surface area contributed by atoms with E-state index in [0.717, 1.165) is 9.39 Å². The summed E-state index contributed by atoms with van der Waals surface area (Å²) in [4.78, 5) is 9.03. The Morgan fingerprint density at radius 2 is 0.640 bits per heavy atom. The molecule has 2 aromatic heterocycles. The van der Waals surface area contributed by atoms with Crippen LogP contribution in [0.4, 0.5) is 0 Å². The lowest BCUT2D eigenvalue weighted by molar-refractivity contribution is 0.514. The normalized spacial score (nSPS) is 11.4. The molecule has 5 heteroatoms. The van der Waals surface area contributed by atoms with Gasteiger partial charge < -0.3 is 9.13 Å². The summed E-state index contributed by atoms with van der Waals surface area (Å²) in [5.41, 5.74) is 7.36. The van der Waals surface area contributed by atoms with Gasteiger partial charge in [0, 0.05) is 12.4 Å². The highest BCUT2D eigenvalue weighted by Gasteiger charge is 2.39.